The topological polar surface area (TPSA) is 125 Å². The lowest BCUT2D eigenvalue weighted by atomic mass is 9.74. The van der Waals surface area contributed by atoms with E-state index >= 15 is 4.79 Å². The van der Waals surface area contributed by atoms with E-state index < -0.39 is 53.6 Å². The number of ether oxygens (including phenoxy) is 2. The first kappa shape index (κ1) is 35.3. The highest BCUT2D eigenvalue weighted by molar-refractivity contribution is 9.11. The van der Waals surface area contributed by atoms with E-state index in [4.69, 9.17) is 21.1 Å². The van der Waals surface area contributed by atoms with Crippen molar-refractivity contribution in [3.8, 4) is 0 Å². The molecule has 1 spiro atoms. The van der Waals surface area contributed by atoms with Gasteiger partial charge in [-0.2, -0.15) is 0 Å². The monoisotopic (exact) mass is 753 g/mol. The maximum Gasteiger partial charge on any atom is 0.313 e. The second-order valence-electron chi connectivity index (χ2n) is 13.1. The number of hydrogen-bond acceptors (Lipinski definition) is 7. The predicted molar refractivity (Wildman–Crippen MR) is 188 cm³/mol. The number of nitrogens with one attached hydrogen (secondary N) is 1. The number of benzene rings is 2. The molecule has 0 radical (unpaired) electrons. The minimum atomic E-state index is -1.45. The molecule has 7 atom stereocenters. The standard InChI is InChI=1S/C37H41BrClN3O7/c1-22-13-12-16-26(39)30(22)41-18-9-4-8-17-27(44)40-23(2)31(24-14-6-3-7-15-24)48-36(47)28-29-34(45)42(19-10-5-11-20-43)33(35(41)46)37(29)21-25(38)32(28)49-37/h3-4,6-7,9,12-16,21,23,28-29,31-33,43H,5,8,10-11,17-20H2,1-2H3,(H,40,44)/b9-4-/t23-,28+,29-,31+,32+,33+,37-/m0/s1. The number of esters is 1. The molecule has 0 aromatic heterocycles. The summed E-state index contributed by atoms with van der Waals surface area (Å²) in [5, 5.41) is 12.8. The molecule has 4 aliphatic rings. The molecule has 6 rings (SSSR count). The summed E-state index contributed by atoms with van der Waals surface area (Å²) in [4.78, 5) is 60.2. The third-order valence-electron chi connectivity index (χ3n) is 9.92. The number of cyclic esters (lactones) is 1. The lowest BCUT2D eigenvalue weighted by molar-refractivity contribution is -0.161. The highest BCUT2D eigenvalue weighted by atomic mass is 79.9. The zero-order valence-electron chi connectivity index (χ0n) is 27.5. The number of rotatable bonds is 7. The number of aryl methyl sites for hydroxylation is 1. The van der Waals surface area contributed by atoms with Gasteiger partial charge in [0.15, 0.2) is 0 Å². The number of fused-ring (bicyclic) bond motifs is 2. The van der Waals surface area contributed by atoms with Gasteiger partial charge in [0, 0.05) is 30.6 Å². The minimum Gasteiger partial charge on any atom is -0.455 e. The van der Waals surface area contributed by atoms with Crippen molar-refractivity contribution in [3.63, 3.8) is 0 Å². The number of aliphatic hydroxyl groups excluding tert-OH is 1. The third kappa shape index (κ3) is 6.58. The average molecular weight is 755 g/mol. The van der Waals surface area contributed by atoms with Crippen LogP contribution >= 0.6 is 27.5 Å². The molecule has 2 aromatic carbocycles. The van der Waals surface area contributed by atoms with Crippen LogP contribution in [-0.2, 0) is 28.7 Å². The van der Waals surface area contributed by atoms with Crippen LogP contribution in [-0.4, -0.2) is 77.2 Å². The molecule has 5 bridgehead atoms. The van der Waals surface area contributed by atoms with Crippen molar-refractivity contribution in [1.29, 1.82) is 0 Å². The summed E-state index contributed by atoms with van der Waals surface area (Å²) in [6, 6.07) is 12.9. The van der Waals surface area contributed by atoms with Gasteiger partial charge < -0.3 is 29.7 Å². The number of amides is 3. The molecule has 4 aliphatic heterocycles. The second-order valence-corrected chi connectivity index (χ2v) is 14.5. The van der Waals surface area contributed by atoms with Gasteiger partial charge in [0.2, 0.25) is 11.8 Å². The van der Waals surface area contributed by atoms with Gasteiger partial charge in [0.05, 0.1) is 22.7 Å². The van der Waals surface area contributed by atoms with Crippen LogP contribution in [0.5, 0.6) is 0 Å². The Hall–Kier alpha value is -3.51. The largest absolute Gasteiger partial charge is 0.455 e. The number of unbranched alkanes of at least 4 members (excludes halogenated alkanes) is 2. The molecule has 0 aliphatic carbocycles. The molecule has 3 amide bonds. The normalized spacial score (nSPS) is 31.0. The van der Waals surface area contributed by atoms with Crippen LogP contribution in [0.25, 0.3) is 0 Å². The van der Waals surface area contributed by atoms with Crippen LogP contribution in [0.3, 0.4) is 0 Å². The summed E-state index contributed by atoms with van der Waals surface area (Å²) in [6.07, 6.45) is 6.11. The van der Waals surface area contributed by atoms with Gasteiger partial charge in [-0.15, -0.1) is 0 Å². The number of nitrogens with zero attached hydrogens (tertiary/aromatic N) is 2. The number of halogens is 2. The highest BCUT2D eigenvalue weighted by Crippen LogP contribution is 2.59. The van der Waals surface area contributed by atoms with E-state index in [1.54, 1.807) is 28.9 Å². The maximum absolute atomic E-state index is 15.1. The van der Waals surface area contributed by atoms with Gasteiger partial charge in [-0.25, -0.2) is 0 Å². The highest BCUT2D eigenvalue weighted by Gasteiger charge is 2.75. The van der Waals surface area contributed by atoms with Crippen LogP contribution in [0.4, 0.5) is 5.69 Å². The Morgan fingerprint density at radius 3 is 2.51 bits per heavy atom. The number of carbonyl (C=O) groups excluding carboxylic acids is 4. The third-order valence-corrected chi connectivity index (χ3v) is 10.9. The van der Waals surface area contributed by atoms with Gasteiger partial charge in [-0.3, -0.25) is 19.2 Å². The molecule has 12 heteroatoms. The van der Waals surface area contributed by atoms with Crippen molar-refractivity contribution < 1.29 is 33.8 Å². The molecule has 2 fully saturated rings. The molecular formula is C37H41BrClN3O7. The summed E-state index contributed by atoms with van der Waals surface area (Å²) >= 11 is 10.4. The first-order chi connectivity index (χ1) is 23.6. The Bertz CT molecular complexity index is 1650. The first-order valence-electron chi connectivity index (χ1n) is 16.8. The Labute approximate surface area is 299 Å². The van der Waals surface area contributed by atoms with E-state index in [0.29, 0.717) is 46.4 Å². The Kier molecular flexibility index (Phi) is 10.6. The van der Waals surface area contributed by atoms with Crippen LogP contribution in [0.2, 0.25) is 5.02 Å². The van der Waals surface area contributed by atoms with Crippen LogP contribution in [0.15, 0.2) is 71.2 Å². The fraction of sp³-hybridized carbons (Fsp3) is 0.459. The van der Waals surface area contributed by atoms with E-state index in [2.05, 4.69) is 21.2 Å². The second kappa shape index (κ2) is 14.8. The van der Waals surface area contributed by atoms with Gasteiger partial charge in [-0.1, -0.05) is 82.1 Å². The Morgan fingerprint density at radius 2 is 1.78 bits per heavy atom. The predicted octanol–water partition coefficient (Wildman–Crippen LogP) is 5.16. The Morgan fingerprint density at radius 1 is 1.00 bits per heavy atom. The number of para-hydroxylation sites is 1. The van der Waals surface area contributed by atoms with Gasteiger partial charge >= 0.3 is 5.97 Å². The summed E-state index contributed by atoms with van der Waals surface area (Å²) < 4.78 is 13.5. The number of anilines is 1. The summed E-state index contributed by atoms with van der Waals surface area (Å²) in [6.45, 7) is 4.03. The fourth-order valence-electron chi connectivity index (χ4n) is 7.70. The van der Waals surface area contributed by atoms with Crippen molar-refractivity contribution in [2.24, 2.45) is 11.8 Å². The van der Waals surface area contributed by atoms with Crippen molar-refractivity contribution in [1.82, 2.24) is 10.2 Å². The van der Waals surface area contributed by atoms with Crippen molar-refractivity contribution in [2.75, 3.05) is 24.6 Å². The molecule has 10 nitrogen and oxygen atoms in total. The Balaban J connectivity index is 1.47. The number of aliphatic hydroxyl groups is 1. The van der Waals surface area contributed by atoms with Crippen molar-refractivity contribution >= 4 is 56.9 Å². The molecular weight excluding hydrogens is 714 g/mol. The van der Waals surface area contributed by atoms with E-state index in [0.717, 1.165) is 5.56 Å². The average Bonchev–Trinajstić information content (AvgIpc) is 3.67. The molecule has 2 saturated heterocycles. The van der Waals surface area contributed by atoms with E-state index in [1.165, 1.54) is 0 Å². The van der Waals surface area contributed by atoms with Gasteiger partial charge in [0.25, 0.3) is 5.91 Å². The quantitative estimate of drug-likeness (QED) is 0.228. The van der Waals surface area contributed by atoms with E-state index in [9.17, 15) is 19.5 Å². The number of allylic oxidation sites excluding steroid dienone is 1. The van der Waals surface area contributed by atoms with Crippen molar-refractivity contribution in [2.45, 2.75) is 75.8 Å². The summed E-state index contributed by atoms with van der Waals surface area (Å²) in [5.74, 6) is -3.71. The molecule has 49 heavy (non-hydrogen) atoms. The van der Waals surface area contributed by atoms with Gasteiger partial charge in [-0.05, 0) is 62.8 Å². The first-order valence-corrected chi connectivity index (χ1v) is 18.0. The maximum atomic E-state index is 15.1. The molecule has 4 heterocycles. The smallest absolute Gasteiger partial charge is 0.313 e. The number of likely N-dealkylation sites (tertiary alicyclic amines) is 1. The minimum absolute atomic E-state index is 0.0185. The van der Waals surface area contributed by atoms with Crippen molar-refractivity contribution in [3.05, 3.63) is 87.4 Å². The lowest BCUT2D eigenvalue weighted by Gasteiger charge is -2.36. The molecule has 2 aromatic rings. The molecule has 0 saturated carbocycles. The van der Waals surface area contributed by atoms with E-state index in [-0.39, 0.29) is 37.9 Å². The zero-order valence-corrected chi connectivity index (χ0v) is 29.9. The number of carbonyl (C=O) groups is 4. The van der Waals surface area contributed by atoms with Crippen LogP contribution in [0, 0.1) is 18.8 Å². The summed E-state index contributed by atoms with van der Waals surface area (Å²) in [7, 11) is 0. The van der Waals surface area contributed by atoms with Gasteiger partial charge in [0.1, 0.15) is 29.8 Å². The SMILES string of the molecule is Cc1cccc(Cl)c1N1C/C=C\CCC(=O)N[C@@H](C)[C@H](c2ccccc2)OC(=O)[C@H]2[C@@H]3O[C@@]4(C=C3Br)[C@@H]2C(=O)N(CCCCCO)[C@@H]4C1=O. The van der Waals surface area contributed by atoms with Crippen LogP contribution in [0.1, 0.15) is 56.3 Å². The lowest BCUT2D eigenvalue weighted by Crippen LogP contribution is -2.56. The molecule has 2 N–H and O–H groups in total. The summed E-state index contributed by atoms with van der Waals surface area (Å²) in [5.41, 5.74) is 0.513. The van der Waals surface area contributed by atoms with Crippen LogP contribution < -0.4 is 10.2 Å². The zero-order chi connectivity index (χ0) is 34.9. The fourth-order valence-corrected chi connectivity index (χ4v) is 8.76. The molecule has 0 unspecified atom stereocenters. The van der Waals surface area contributed by atoms with E-state index in [1.807, 2.05) is 61.5 Å². The number of hydrogen-bond donors (Lipinski definition) is 2. The molecule has 260 valence electrons.